The highest BCUT2D eigenvalue weighted by atomic mass is 16.5. The van der Waals surface area contributed by atoms with Crippen molar-refractivity contribution in [3.05, 3.63) is 29.8 Å². The molecule has 2 N–H and O–H groups in total. The van der Waals surface area contributed by atoms with E-state index in [2.05, 4.69) is 0 Å². The molecule has 1 heterocycles. The van der Waals surface area contributed by atoms with E-state index in [0.717, 1.165) is 37.1 Å². The molecule has 1 aromatic carbocycles. The van der Waals surface area contributed by atoms with Crippen molar-refractivity contribution in [3.63, 3.8) is 0 Å². The van der Waals surface area contributed by atoms with Crippen LogP contribution in [0.4, 0.5) is 0 Å². The van der Waals surface area contributed by atoms with Crippen LogP contribution >= 0.6 is 0 Å². The molecular formula is C15H22N2O2. The van der Waals surface area contributed by atoms with Gasteiger partial charge >= 0.3 is 0 Å². The van der Waals surface area contributed by atoms with Crippen LogP contribution in [0.25, 0.3) is 0 Å². The summed E-state index contributed by atoms with van der Waals surface area (Å²) in [6.45, 7) is 1.39. The molecule has 1 aliphatic rings. The van der Waals surface area contributed by atoms with Crippen LogP contribution in [0.5, 0.6) is 5.75 Å². The number of hydrogen-bond donors (Lipinski definition) is 1. The van der Waals surface area contributed by atoms with Gasteiger partial charge < -0.3 is 15.4 Å². The molecule has 2 rings (SSSR count). The Kier molecular flexibility index (Phi) is 4.80. The van der Waals surface area contributed by atoms with Gasteiger partial charge in [-0.1, -0.05) is 24.6 Å². The number of hydrogen-bond acceptors (Lipinski definition) is 3. The van der Waals surface area contributed by atoms with E-state index in [0.29, 0.717) is 13.0 Å². The fourth-order valence-electron chi connectivity index (χ4n) is 2.54. The summed E-state index contributed by atoms with van der Waals surface area (Å²) in [7, 11) is 1.64. The van der Waals surface area contributed by atoms with E-state index in [4.69, 9.17) is 10.5 Å². The Hall–Kier alpha value is -1.55. The second-order valence-corrected chi connectivity index (χ2v) is 5.00. The largest absolute Gasteiger partial charge is 0.496 e. The van der Waals surface area contributed by atoms with Gasteiger partial charge in [0.05, 0.1) is 13.2 Å². The van der Waals surface area contributed by atoms with Crippen molar-refractivity contribution in [2.75, 3.05) is 20.2 Å². The van der Waals surface area contributed by atoms with E-state index in [1.165, 1.54) is 0 Å². The third-order valence-electron chi connectivity index (χ3n) is 3.63. The van der Waals surface area contributed by atoms with E-state index in [1.54, 1.807) is 7.11 Å². The van der Waals surface area contributed by atoms with Crippen LogP contribution in [0, 0.1) is 0 Å². The Labute approximate surface area is 114 Å². The summed E-state index contributed by atoms with van der Waals surface area (Å²) in [5.41, 5.74) is 7.20. The van der Waals surface area contributed by atoms with Gasteiger partial charge in [-0.3, -0.25) is 4.79 Å². The molecule has 0 saturated carbocycles. The summed E-state index contributed by atoms with van der Waals surface area (Å²) in [4.78, 5) is 13.9. The molecular weight excluding hydrogens is 240 g/mol. The van der Waals surface area contributed by atoms with Gasteiger partial charge in [-0.15, -0.1) is 0 Å². The number of methoxy groups -OCH3 is 1. The highest BCUT2D eigenvalue weighted by Crippen LogP contribution is 2.24. The highest BCUT2D eigenvalue weighted by Gasteiger charge is 2.21. The van der Waals surface area contributed by atoms with Crippen LogP contribution in [-0.4, -0.2) is 31.0 Å². The van der Waals surface area contributed by atoms with Crippen molar-refractivity contribution >= 4 is 5.91 Å². The standard InChI is InChI=1S/C15H22N2O2/c1-19-14-8-5-4-7-12(14)13(16)11-17-10-6-2-3-9-15(17)18/h4-5,7-8,13H,2-3,6,9-11,16H2,1H3. The number of benzene rings is 1. The van der Waals surface area contributed by atoms with E-state index < -0.39 is 0 Å². The number of nitrogens with zero attached hydrogens (tertiary/aromatic N) is 1. The molecule has 1 unspecified atom stereocenters. The van der Waals surface area contributed by atoms with Crippen LogP contribution in [0.1, 0.15) is 37.3 Å². The lowest BCUT2D eigenvalue weighted by Crippen LogP contribution is -2.36. The van der Waals surface area contributed by atoms with Crippen molar-refractivity contribution < 1.29 is 9.53 Å². The summed E-state index contributed by atoms with van der Waals surface area (Å²) >= 11 is 0. The predicted octanol–water partition coefficient (Wildman–Crippen LogP) is 2.10. The molecule has 0 bridgehead atoms. The van der Waals surface area contributed by atoms with E-state index in [9.17, 15) is 4.79 Å². The van der Waals surface area contributed by atoms with Crippen molar-refractivity contribution in [2.45, 2.75) is 31.7 Å². The smallest absolute Gasteiger partial charge is 0.222 e. The normalized spacial score (nSPS) is 18.0. The molecule has 4 heteroatoms. The van der Waals surface area contributed by atoms with Crippen LogP contribution in [0.15, 0.2) is 24.3 Å². The maximum absolute atomic E-state index is 12.0. The first-order chi connectivity index (χ1) is 9.22. The summed E-state index contributed by atoms with van der Waals surface area (Å²) in [5.74, 6) is 1.01. The molecule has 0 aliphatic carbocycles. The van der Waals surface area contributed by atoms with Crippen LogP contribution in [0.2, 0.25) is 0 Å². The van der Waals surface area contributed by atoms with E-state index >= 15 is 0 Å². The first-order valence-electron chi connectivity index (χ1n) is 6.88. The van der Waals surface area contributed by atoms with Gasteiger partial charge in [0.25, 0.3) is 0 Å². The highest BCUT2D eigenvalue weighted by molar-refractivity contribution is 5.76. The van der Waals surface area contributed by atoms with Crippen molar-refractivity contribution in [1.29, 1.82) is 0 Å². The Morgan fingerprint density at radius 2 is 2.11 bits per heavy atom. The van der Waals surface area contributed by atoms with Gasteiger partial charge in [0.1, 0.15) is 5.75 Å². The quantitative estimate of drug-likeness (QED) is 0.904. The van der Waals surface area contributed by atoms with E-state index in [1.807, 2.05) is 29.2 Å². The lowest BCUT2D eigenvalue weighted by atomic mass is 10.1. The first kappa shape index (κ1) is 13.9. The monoisotopic (exact) mass is 262 g/mol. The summed E-state index contributed by atoms with van der Waals surface area (Å²) < 4.78 is 5.32. The Morgan fingerprint density at radius 3 is 2.89 bits per heavy atom. The van der Waals surface area contributed by atoms with Crippen LogP contribution in [-0.2, 0) is 4.79 Å². The maximum Gasteiger partial charge on any atom is 0.222 e. The van der Waals surface area contributed by atoms with E-state index in [-0.39, 0.29) is 11.9 Å². The molecule has 1 aromatic rings. The first-order valence-corrected chi connectivity index (χ1v) is 6.88. The van der Waals surface area contributed by atoms with Crippen LogP contribution in [0.3, 0.4) is 0 Å². The minimum atomic E-state index is -0.196. The topological polar surface area (TPSA) is 55.6 Å². The minimum Gasteiger partial charge on any atom is -0.496 e. The lowest BCUT2D eigenvalue weighted by Gasteiger charge is -2.25. The van der Waals surface area contributed by atoms with Crippen molar-refractivity contribution in [3.8, 4) is 5.75 Å². The van der Waals surface area contributed by atoms with Crippen LogP contribution < -0.4 is 10.5 Å². The molecule has 1 atom stereocenters. The minimum absolute atomic E-state index is 0.196. The summed E-state index contributed by atoms with van der Waals surface area (Å²) in [6.07, 6.45) is 3.86. The molecule has 4 nitrogen and oxygen atoms in total. The maximum atomic E-state index is 12.0. The molecule has 1 amide bonds. The number of amides is 1. The summed E-state index contributed by atoms with van der Waals surface area (Å²) in [5, 5.41) is 0. The third kappa shape index (κ3) is 3.47. The fourth-order valence-corrected chi connectivity index (χ4v) is 2.54. The second kappa shape index (κ2) is 6.57. The average Bonchev–Trinajstić information content (AvgIpc) is 2.64. The molecule has 1 saturated heterocycles. The molecule has 0 spiro atoms. The Bertz CT molecular complexity index is 434. The average molecular weight is 262 g/mol. The zero-order valence-electron chi connectivity index (χ0n) is 11.5. The SMILES string of the molecule is COc1ccccc1C(N)CN1CCCCCC1=O. The Morgan fingerprint density at radius 1 is 1.32 bits per heavy atom. The number of ether oxygens (including phenoxy) is 1. The summed E-state index contributed by atoms with van der Waals surface area (Å²) in [6, 6.07) is 7.54. The van der Waals surface area contributed by atoms with Crippen molar-refractivity contribution in [2.24, 2.45) is 5.73 Å². The third-order valence-corrected chi connectivity index (χ3v) is 3.63. The molecule has 1 aliphatic heterocycles. The molecule has 0 radical (unpaired) electrons. The number of nitrogens with two attached hydrogens (primary N) is 1. The molecule has 104 valence electrons. The molecule has 1 fully saturated rings. The second-order valence-electron chi connectivity index (χ2n) is 5.00. The number of carbonyl (C=O) groups is 1. The van der Waals surface area contributed by atoms with Gasteiger partial charge in [0.15, 0.2) is 0 Å². The zero-order valence-corrected chi connectivity index (χ0v) is 11.5. The number of carbonyl (C=O) groups excluding carboxylic acids is 1. The number of rotatable bonds is 4. The lowest BCUT2D eigenvalue weighted by molar-refractivity contribution is -0.130. The van der Waals surface area contributed by atoms with Gasteiger partial charge in [0.2, 0.25) is 5.91 Å². The van der Waals surface area contributed by atoms with Gasteiger partial charge in [-0.25, -0.2) is 0 Å². The van der Waals surface area contributed by atoms with Gasteiger partial charge in [-0.05, 0) is 18.9 Å². The van der Waals surface area contributed by atoms with Crippen molar-refractivity contribution in [1.82, 2.24) is 4.90 Å². The molecule has 19 heavy (non-hydrogen) atoms. The predicted molar refractivity (Wildman–Crippen MR) is 75.0 cm³/mol. The zero-order chi connectivity index (χ0) is 13.7. The Balaban J connectivity index is 2.07. The van der Waals surface area contributed by atoms with Gasteiger partial charge in [-0.2, -0.15) is 0 Å². The molecule has 0 aromatic heterocycles. The van der Waals surface area contributed by atoms with Gasteiger partial charge in [0, 0.05) is 25.1 Å². The number of likely N-dealkylation sites (tertiary alicyclic amines) is 1. The number of para-hydroxylation sites is 1. The fraction of sp³-hybridized carbons (Fsp3) is 0.533.